The Labute approximate surface area is 119 Å². The maximum Gasteiger partial charge on any atom is 0.264 e. The van der Waals surface area contributed by atoms with Crippen LogP contribution < -0.4 is 0 Å². The lowest BCUT2D eigenvalue weighted by Crippen LogP contribution is -2.37. The number of halogens is 1. The van der Waals surface area contributed by atoms with E-state index >= 15 is 0 Å². The van der Waals surface area contributed by atoms with E-state index in [4.69, 9.17) is 11.6 Å². The van der Waals surface area contributed by atoms with E-state index in [1.54, 1.807) is 17.4 Å². The van der Waals surface area contributed by atoms with Gasteiger partial charge in [-0.05, 0) is 42.5 Å². The van der Waals surface area contributed by atoms with Crippen LogP contribution in [0.15, 0.2) is 23.6 Å². The molecule has 0 bridgehead atoms. The van der Waals surface area contributed by atoms with Gasteiger partial charge in [-0.25, -0.2) is 0 Å². The van der Waals surface area contributed by atoms with E-state index in [2.05, 4.69) is 18.4 Å². The molecule has 0 radical (unpaired) electrons. The molecule has 1 unspecified atom stereocenters. The Morgan fingerprint density at radius 1 is 1.44 bits per heavy atom. The van der Waals surface area contributed by atoms with E-state index in [1.165, 1.54) is 21.8 Å². The van der Waals surface area contributed by atoms with Gasteiger partial charge in [0.05, 0.1) is 15.3 Å². The first-order chi connectivity index (χ1) is 8.66. The third-order valence-corrected chi connectivity index (χ3v) is 5.54. The van der Waals surface area contributed by atoms with Gasteiger partial charge in [-0.15, -0.1) is 22.7 Å². The van der Waals surface area contributed by atoms with E-state index in [0.29, 0.717) is 4.34 Å². The van der Waals surface area contributed by atoms with Crippen molar-refractivity contribution in [2.75, 3.05) is 6.54 Å². The fourth-order valence-electron chi connectivity index (χ4n) is 2.36. The van der Waals surface area contributed by atoms with E-state index in [0.717, 1.165) is 17.8 Å². The highest BCUT2D eigenvalue weighted by molar-refractivity contribution is 7.18. The Morgan fingerprint density at radius 2 is 2.28 bits per heavy atom. The van der Waals surface area contributed by atoms with Crippen molar-refractivity contribution >= 4 is 40.2 Å². The summed E-state index contributed by atoms with van der Waals surface area (Å²) in [6.45, 7) is 2.89. The predicted octanol–water partition coefficient (Wildman–Crippen LogP) is 4.22. The summed E-state index contributed by atoms with van der Waals surface area (Å²) in [5, 5.41) is 2.11. The third-order valence-electron chi connectivity index (χ3n) is 3.32. The zero-order valence-corrected chi connectivity index (χ0v) is 12.2. The van der Waals surface area contributed by atoms with Crippen LogP contribution in [-0.2, 0) is 6.42 Å². The van der Waals surface area contributed by atoms with Gasteiger partial charge in [0.15, 0.2) is 0 Å². The van der Waals surface area contributed by atoms with Gasteiger partial charge in [0.2, 0.25) is 0 Å². The molecule has 1 aliphatic heterocycles. The lowest BCUT2D eigenvalue weighted by Gasteiger charge is -2.33. The van der Waals surface area contributed by atoms with Crippen molar-refractivity contribution in [3.8, 4) is 0 Å². The average molecular weight is 298 g/mol. The maximum atomic E-state index is 12.4. The van der Waals surface area contributed by atoms with Crippen LogP contribution in [0.1, 0.15) is 33.1 Å². The van der Waals surface area contributed by atoms with Gasteiger partial charge in [0.25, 0.3) is 5.91 Å². The molecule has 0 N–H and O–H groups in total. The summed E-state index contributed by atoms with van der Waals surface area (Å²) in [7, 11) is 0. The van der Waals surface area contributed by atoms with Crippen LogP contribution in [0.5, 0.6) is 0 Å². The summed E-state index contributed by atoms with van der Waals surface area (Å²) < 4.78 is 0.666. The molecule has 3 heterocycles. The first kappa shape index (κ1) is 12.2. The highest BCUT2D eigenvalue weighted by atomic mass is 35.5. The SMILES string of the molecule is CC1c2ccsc2CCN1C(=O)c1ccc(Cl)s1. The van der Waals surface area contributed by atoms with Gasteiger partial charge >= 0.3 is 0 Å². The van der Waals surface area contributed by atoms with Crippen LogP contribution in [0.2, 0.25) is 4.34 Å². The summed E-state index contributed by atoms with van der Waals surface area (Å²) in [6, 6.07) is 5.88. The van der Waals surface area contributed by atoms with Gasteiger partial charge < -0.3 is 4.90 Å². The van der Waals surface area contributed by atoms with Crippen molar-refractivity contribution in [2.45, 2.75) is 19.4 Å². The number of nitrogens with zero attached hydrogens (tertiary/aromatic N) is 1. The number of hydrogen-bond donors (Lipinski definition) is 0. The van der Waals surface area contributed by atoms with Gasteiger partial charge in [-0.2, -0.15) is 0 Å². The van der Waals surface area contributed by atoms with Crippen LogP contribution in [-0.4, -0.2) is 17.4 Å². The normalized spacial score (nSPS) is 18.8. The number of hydrogen-bond acceptors (Lipinski definition) is 3. The first-order valence-corrected chi connectivity index (χ1v) is 7.87. The fraction of sp³-hybridized carbons (Fsp3) is 0.308. The molecule has 0 fully saturated rings. The molecule has 1 atom stereocenters. The van der Waals surface area contributed by atoms with Crippen LogP contribution in [0.3, 0.4) is 0 Å². The molecule has 2 aromatic heterocycles. The summed E-state index contributed by atoms with van der Waals surface area (Å²) in [6.07, 6.45) is 0.961. The number of carbonyl (C=O) groups excluding carboxylic acids is 1. The lowest BCUT2D eigenvalue weighted by atomic mass is 10.0. The van der Waals surface area contributed by atoms with Crippen molar-refractivity contribution in [2.24, 2.45) is 0 Å². The van der Waals surface area contributed by atoms with Gasteiger partial charge in [-0.1, -0.05) is 11.6 Å². The van der Waals surface area contributed by atoms with E-state index in [9.17, 15) is 4.79 Å². The Kier molecular flexibility index (Phi) is 3.18. The molecular formula is C13H12ClNOS2. The van der Waals surface area contributed by atoms with Crippen LogP contribution in [0.4, 0.5) is 0 Å². The van der Waals surface area contributed by atoms with E-state index in [1.807, 2.05) is 11.0 Å². The van der Waals surface area contributed by atoms with Gasteiger partial charge in [-0.3, -0.25) is 4.79 Å². The Bertz CT molecular complexity index is 589. The Balaban J connectivity index is 1.88. The molecule has 0 aliphatic carbocycles. The fourth-order valence-corrected chi connectivity index (χ4v) is 4.32. The second-order valence-corrected chi connectivity index (χ2v) is 7.04. The Hall–Kier alpha value is -0.840. The predicted molar refractivity (Wildman–Crippen MR) is 76.8 cm³/mol. The second-order valence-electron chi connectivity index (χ2n) is 4.33. The highest BCUT2D eigenvalue weighted by Gasteiger charge is 2.29. The molecule has 0 spiro atoms. The van der Waals surface area contributed by atoms with E-state index < -0.39 is 0 Å². The number of thiophene rings is 2. The topological polar surface area (TPSA) is 20.3 Å². The maximum absolute atomic E-state index is 12.4. The molecular weight excluding hydrogens is 286 g/mol. The highest BCUT2D eigenvalue weighted by Crippen LogP contribution is 2.34. The van der Waals surface area contributed by atoms with E-state index in [-0.39, 0.29) is 11.9 Å². The molecule has 94 valence electrons. The van der Waals surface area contributed by atoms with Crippen LogP contribution in [0.25, 0.3) is 0 Å². The summed E-state index contributed by atoms with van der Waals surface area (Å²) in [5.74, 6) is 0.0938. The molecule has 2 aromatic rings. The minimum absolute atomic E-state index is 0.0938. The standard InChI is InChI=1S/C13H12ClNOS2/c1-8-9-5-7-17-10(9)4-6-15(8)13(16)11-2-3-12(14)18-11/h2-3,5,7-8H,4,6H2,1H3. The summed E-state index contributed by atoms with van der Waals surface area (Å²) >= 11 is 9.03. The molecule has 2 nitrogen and oxygen atoms in total. The number of amides is 1. The summed E-state index contributed by atoms with van der Waals surface area (Å²) in [5.41, 5.74) is 1.29. The molecule has 0 aromatic carbocycles. The van der Waals surface area contributed by atoms with Gasteiger partial charge in [0.1, 0.15) is 0 Å². The molecule has 18 heavy (non-hydrogen) atoms. The minimum Gasteiger partial charge on any atom is -0.331 e. The van der Waals surface area contributed by atoms with Crippen LogP contribution in [0, 0.1) is 0 Å². The largest absolute Gasteiger partial charge is 0.331 e. The molecule has 1 aliphatic rings. The van der Waals surface area contributed by atoms with Crippen molar-refractivity contribution in [1.82, 2.24) is 4.90 Å². The zero-order valence-electron chi connectivity index (χ0n) is 9.85. The number of fused-ring (bicyclic) bond motifs is 1. The molecule has 0 saturated carbocycles. The quantitative estimate of drug-likeness (QED) is 0.771. The van der Waals surface area contributed by atoms with Crippen LogP contribution >= 0.6 is 34.3 Å². The van der Waals surface area contributed by atoms with Gasteiger partial charge in [0, 0.05) is 11.4 Å². The number of rotatable bonds is 1. The third kappa shape index (κ3) is 1.98. The number of carbonyl (C=O) groups is 1. The second kappa shape index (κ2) is 4.68. The molecule has 1 amide bonds. The van der Waals surface area contributed by atoms with Crippen molar-refractivity contribution in [3.63, 3.8) is 0 Å². The molecule has 0 saturated heterocycles. The first-order valence-electron chi connectivity index (χ1n) is 5.79. The van der Waals surface area contributed by atoms with Crippen molar-refractivity contribution < 1.29 is 4.79 Å². The monoisotopic (exact) mass is 297 g/mol. The molecule has 5 heteroatoms. The average Bonchev–Trinajstić information content (AvgIpc) is 2.97. The smallest absolute Gasteiger partial charge is 0.264 e. The Morgan fingerprint density at radius 3 is 3.00 bits per heavy atom. The minimum atomic E-state index is 0.0938. The lowest BCUT2D eigenvalue weighted by molar-refractivity contribution is 0.0684. The summed E-state index contributed by atoms with van der Waals surface area (Å²) in [4.78, 5) is 16.5. The van der Waals surface area contributed by atoms with Crippen molar-refractivity contribution in [1.29, 1.82) is 0 Å². The molecule has 3 rings (SSSR count). The van der Waals surface area contributed by atoms with Crippen molar-refractivity contribution in [3.05, 3.63) is 43.2 Å². The zero-order chi connectivity index (χ0) is 12.7.